The lowest BCUT2D eigenvalue weighted by Gasteiger charge is -2.33. The maximum absolute atomic E-state index is 9.34. The van der Waals surface area contributed by atoms with Crippen molar-refractivity contribution >= 4 is 16.5 Å². The highest BCUT2D eigenvalue weighted by atomic mass is 16.3. The predicted molar refractivity (Wildman–Crippen MR) is 72.3 cm³/mol. The molecule has 3 nitrogen and oxygen atoms in total. The van der Waals surface area contributed by atoms with Crippen LogP contribution in [-0.2, 0) is 6.42 Å². The lowest BCUT2D eigenvalue weighted by molar-refractivity contribution is 0.243. The zero-order chi connectivity index (χ0) is 12.1. The van der Waals surface area contributed by atoms with E-state index in [1.807, 2.05) is 0 Å². The second-order valence-electron chi connectivity index (χ2n) is 5.27. The summed E-state index contributed by atoms with van der Waals surface area (Å²) in [7, 11) is 0. The number of benzene rings is 1. The molecular weight excluding hydrogens is 224 g/mol. The number of aromatic amines is 1. The van der Waals surface area contributed by atoms with Gasteiger partial charge in [-0.15, -0.1) is 0 Å². The first kappa shape index (κ1) is 10.4. The second-order valence-corrected chi connectivity index (χ2v) is 5.27. The van der Waals surface area contributed by atoms with E-state index in [2.05, 4.69) is 40.8 Å². The summed E-state index contributed by atoms with van der Waals surface area (Å²) in [6.07, 6.45) is 5.43. The average molecular weight is 240 g/mol. The maximum atomic E-state index is 9.34. The number of H-pyrrole nitrogens is 1. The Morgan fingerprint density at radius 1 is 1.33 bits per heavy atom. The van der Waals surface area contributed by atoms with Gasteiger partial charge in [0.05, 0.1) is 6.61 Å². The van der Waals surface area contributed by atoms with Crippen molar-refractivity contribution in [2.45, 2.75) is 12.5 Å². The van der Waals surface area contributed by atoms with Crippen LogP contribution >= 0.6 is 0 Å². The Morgan fingerprint density at radius 3 is 3.17 bits per heavy atom. The van der Waals surface area contributed by atoms with Gasteiger partial charge < -0.3 is 15.4 Å². The number of fused-ring (bicyclic) bond motifs is 2. The quantitative estimate of drug-likeness (QED) is 0.710. The van der Waals surface area contributed by atoms with Gasteiger partial charge in [0.25, 0.3) is 0 Å². The van der Waals surface area contributed by atoms with Gasteiger partial charge in [-0.25, -0.2) is 0 Å². The summed E-state index contributed by atoms with van der Waals surface area (Å²) in [5.74, 6) is 0.243. The van der Waals surface area contributed by atoms with Crippen LogP contribution in [0, 0.1) is 5.92 Å². The zero-order valence-electron chi connectivity index (χ0n) is 10.1. The standard InChI is InChI=1S/C15H16N2O/c18-8-9-4-12-11-2-1-3-13-15(11)10(7-17-13)5-14(12)16-6-9/h1-4,7,9,14,16-18H,5-6,8H2. The molecule has 0 fully saturated rings. The van der Waals surface area contributed by atoms with Gasteiger partial charge in [0.2, 0.25) is 0 Å². The molecular formula is C15H16N2O. The molecule has 2 atom stereocenters. The molecule has 1 aliphatic heterocycles. The molecule has 4 rings (SSSR count). The van der Waals surface area contributed by atoms with Crippen LogP contribution in [0.2, 0.25) is 0 Å². The molecule has 0 amide bonds. The lowest BCUT2D eigenvalue weighted by Crippen LogP contribution is -2.41. The van der Waals surface area contributed by atoms with Crippen molar-refractivity contribution in [3.8, 4) is 0 Å². The number of hydrogen-bond donors (Lipinski definition) is 3. The first-order valence-electron chi connectivity index (χ1n) is 6.52. The van der Waals surface area contributed by atoms with E-state index in [9.17, 15) is 5.11 Å². The third-order valence-electron chi connectivity index (χ3n) is 4.17. The van der Waals surface area contributed by atoms with Gasteiger partial charge in [-0.05, 0) is 29.2 Å². The molecule has 18 heavy (non-hydrogen) atoms. The number of nitrogens with one attached hydrogen (secondary N) is 2. The molecule has 3 heteroatoms. The number of aromatic nitrogens is 1. The van der Waals surface area contributed by atoms with Crippen molar-refractivity contribution in [1.82, 2.24) is 10.3 Å². The lowest BCUT2D eigenvalue weighted by atomic mass is 9.81. The Hall–Kier alpha value is -1.58. The van der Waals surface area contributed by atoms with Crippen molar-refractivity contribution in [2.75, 3.05) is 13.2 Å². The number of aliphatic hydroxyl groups is 1. The summed E-state index contributed by atoms with van der Waals surface area (Å²) in [5.41, 5.74) is 5.30. The molecule has 1 aromatic heterocycles. The van der Waals surface area contributed by atoms with Gasteiger partial charge in [-0.2, -0.15) is 0 Å². The number of aliphatic hydroxyl groups excluding tert-OH is 1. The summed E-state index contributed by atoms with van der Waals surface area (Å²) in [5, 5.41) is 14.3. The van der Waals surface area contributed by atoms with Crippen LogP contribution in [0.3, 0.4) is 0 Å². The molecule has 92 valence electrons. The first-order valence-corrected chi connectivity index (χ1v) is 6.52. The fourth-order valence-electron chi connectivity index (χ4n) is 3.29. The summed E-state index contributed by atoms with van der Waals surface area (Å²) in [6, 6.07) is 6.83. The van der Waals surface area contributed by atoms with Crippen LogP contribution < -0.4 is 5.32 Å². The highest BCUT2D eigenvalue weighted by Gasteiger charge is 2.29. The Bertz CT molecular complexity index is 641. The predicted octanol–water partition coefficient (Wildman–Crippen LogP) is 1.69. The SMILES string of the molecule is OCC1C=C2c3cccc4[nH]cc(c34)CC2NC1. The Balaban J connectivity index is 1.97. The van der Waals surface area contributed by atoms with Gasteiger partial charge in [-0.3, -0.25) is 0 Å². The van der Waals surface area contributed by atoms with Crippen LogP contribution in [0.4, 0.5) is 0 Å². The van der Waals surface area contributed by atoms with E-state index < -0.39 is 0 Å². The second kappa shape index (κ2) is 3.70. The van der Waals surface area contributed by atoms with E-state index in [0.717, 1.165) is 13.0 Å². The fourth-order valence-corrected chi connectivity index (χ4v) is 3.29. The molecule has 0 spiro atoms. The van der Waals surface area contributed by atoms with Crippen molar-refractivity contribution in [2.24, 2.45) is 5.92 Å². The molecule has 1 aromatic carbocycles. The first-order chi connectivity index (χ1) is 8.86. The number of rotatable bonds is 1. The highest BCUT2D eigenvalue weighted by molar-refractivity contribution is 5.98. The van der Waals surface area contributed by atoms with Crippen LogP contribution in [0.15, 0.2) is 30.5 Å². The highest BCUT2D eigenvalue weighted by Crippen LogP contribution is 2.38. The summed E-state index contributed by atoms with van der Waals surface area (Å²) in [4.78, 5) is 3.35. The van der Waals surface area contributed by atoms with Crippen LogP contribution in [0.25, 0.3) is 16.5 Å². The van der Waals surface area contributed by atoms with Gasteiger partial charge >= 0.3 is 0 Å². The molecule has 2 aliphatic rings. The number of hydrogen-bond acceptors (Lipinski definition) is 2. The molecule has 0 saturated carbocycles. The molecule has 0 bridgehead atoms. The largest absolute Gasteiger partial charge is 0.396 e. The minimum atomic E-state index is 0.221. The summed E-state index contributed by atoms with van der Waals surface area (Å²) in [6.45, 7) is 1.10. The Labute approximate surface area is 106 Å². The third-order valence-corrected chi connectivity index (χ3v) is 4.17. The van der Waals surface area contributed by atoms with Crippen LogP contribution in [0.1, 0.15) is 11.1 Å². The van der Waals surface area contributed by atoms with Crippen LogP contribution in [0.5, 0.6) is 0 Å². The molecule has 2 aromatic rings. The van der Waals surface area contributed by atoms with E-state index in [1.54, 1.807) is 0 Å². The average Bonchev–Trinajstić information content (AvgIpc) is 2.83. The van der Waals surface area contributed by atoms with Gasteiger partial charge in [0.15, 0.2) is 0 Å². The molecule has 0 saturated heterocycles. The summed E-state index contributed by atoms with van der Waals surface area (Å²) >= 11 is 0. The van der Waals surface area contributed by atoms with Gasteiger partial charge in [0, 0.05) is 35.6 Å². The minimum absolute atomic E-state index is 0.221. The van der Waals surface area contributed by atoms with Gasteiger partial charge in [-0.1, -0.05) is 18.2 Å². The molecule has 2 heterocycles. The monoisotopic (exact) mass is 240 g/mol. The smallest absolute Gasteiger partial charge is 0.0506 e. The van der Waals surface area contributed by atoms with Crippen molar-refractivity contribution in [3.05, 3.63) is 41.6 Å². The van der Waals surface area contributed by atoms with E-state index in [4.69, 9.17) is 0 Å². The van der Waals surface area contributed by atoms with E-state index in [1.165, 1.54) is 27.6 Å². The molecule has 3 N–H and O–H groups in total. The van der Waals surface area contributed by atoms with Gasteiger partial charge in [0.1, 0.15) is 0 Å². The van der Waals surface area contributed by atoms with Crippen molar-refractivity contribution < 1.29 is 5.11 Å². The van der Waals surface area contributed by atoms with E-state index in [0.29, 0.717) is 6.04 Å². The van der Waals surface area contributed by atoms with Crippen LogP contribution in [-0.4, -0.2) is 29.3 Å². The molecule has 0 radical (unpaired) electrons. The Kier molecular flexibility index (Phi) is 2.13. The topological polar surface area (TPSA) is 48.0 Å². The normalized spacial score (nSPS) is 25.9. The molecule has 2 unspecified atom stereocenters. The van der Waals surface area contributed by atoms with E-state index >= 15 is 0 Å². The fraction of sp³-hybridized carbons (Fsp3) is 0.333. The summed E-state index contributed by atoms with van der Waals surface area (Å²) < 4.78 is 0. The minimum Gasteiger partial charge on any atom is -0.396 e. The van der Waals surface area contributed by atoms with Crippen molar-refractivity contribution in [1.29, 1.82) is 0 Å². The van der Waals surface area contributed by atoms with E-state index in [-0.39, 0.29) is 12.5 Å². The maximum Gasteiger partial charge on any atom is 0.0506 e. The van der Waals surface area contributed by atoms with Crippen molar-refractivity contribution in [3.63, 3.8) is 0 Å². The zero-order valence-corrected chi connectivity index (χ0v) is 10.1. The molecule has 1 aliphatic carbocycles. The third kappa shape index (κ3) is 1.32. The Morgan fingerprint density at radius 2 is 2.28 bits per heavy atom.